The summed E-state index contributed by atoms with van der Waals surface area (Å²) in [7, 11) is 1.78. The lowest BCUT2D eigenvalue weighted by atomic mass is 10.1. The predicted octanol–water partition coefficient (Wildman–Crippen LogP) is 2.11. The molecular weight excluding hydrogens is 240 g/mol. The normalized spacial score (nSPS) is 17.2. The lowest BCUT2D eigenvalue weighted by Crippen LogP contribution is -2.37. The molecule has 5 heteroatoms. The number of hydrogen-bond donors (Lipinski definition) is 1. The number of piperidine rings is 1. The molecule has 0 unspecified atom stereocenters. The molecule has 1 aromatic heterocycles. The minimum absolute atomic E-state index is 0.290. The van der Waals surface area contributed by atoms with E-state index in [0.29, 0.717) is 11.9 Å². The van der Waals surface area contributed by atoms with Crippen molar-refractivity contribution in [1.82, 2.24) is 9.97 Å². The summed E-state index contributed by atoms with van der Waals surface area (Å²) in [6, 6.07) is 0. The van der Waals surface area contributed by atoms with Crippen molar-refractivity contribution in [2.24, 2.45) is 0 Å². The van der Waals surface area contributed by atoms with Crippen molar-refractivity contribution in [3.05, 3.63) is 11.4 Å². The van der Waals surface area contributed by atoms with E-state index in [1.807, 2.05) is 6.92 Å². The molecule has 1 fully saturated rings. The number of nitrogen functional groups attached to an aromatic ring is 1. The number of ether oxygens (including phenoxy) is 1. The molecule has 1 aromatic rings. The SMILES string of the molecule is COC1CCN(c2nc(C(C)C)nc(N)c2C)CC1. The molecular formula is C14H24N4O. The molecule has 106 valence electrons. The van der Waals surface area contributed by atoms with E-state index in [-0.39, 0.29) is 5.92 Å². The second kappa shape index (κ2) is 5.74. The van der Waals surface area contributed by atoms with Crippen LogP contribution < -0.4 is 10.6 Å². The van der Waals surface area contributed by atoms with Gasteiger partial charge in [0, 0.05) is 31.7 Å². The van der Waals surface area contributed by atoms with Gasteiger partial charge in [-0.15, -0.1) is 0 Å². The van der Waals surface area contributed by atoms with Crippen molar-refractivity contribution < 1.29 is 4.74 Å². The van der Waals surface area contributed by atoms with Gasteiger partial charge in [0.05, 0.1) is 6.10 Å². The highest BCUT2D eigenvalue weighted by Gasteiger charge is 2.22. The number of methoxy groups -OCH3 is 1. The zero-order valence-corrected chi connectivity index (χ0v) is 12.3. The summed E-state index contributed by atoms with van der Waals surface area (Å²) in [5.74, 6) is 2.71. The first kappa shape index (κ1) is 14.1. The van der Waals surface area contributed by atoms with Crippen LogP contribution in [0.3, 0.4) is 0 Å². The highest BCUT2D eigenvalue weighted by Crippen LogP contribution is 2.27. The zero-order chi connectivity index (χ0) is 14.0. The Morgan fingerprint density at radius 3 is 2.42 bits per heavy atom. The average Bonchev–Trinajstić information content (AvgIpc) is 2.41. The summed E-state index contributed by atoms with van der Waals surface area (Å²) in [4.78, 5) is 11.4. The van der Waals surface area contributed by atoms with Gasteiger partial charge >= 0.3 is 0 Å². The standard InChI is InChI=1S/C14H24N4O/c1-9(2)13-16-12(15)10(3)14(17-13)18-7-5-11(19-4)6-8-18/h9,11H,5-8H2,1-4H3,(H2,15,16,17). The molecule has 0 bridgehead atoms. The maximum absolute atomic E-state index is 6.02. The van der Waals surface area contributed by atoms with Crippen molar-refractivity contribution in [3.8, 4) is 0 Å². The molecule has 0 atom stereocenters. The van der Waals surface area contributed by atoms with Crippen LogP contribution in [0.5, 0.6) is 0 Å². The Morgan fingerprint density at radius 2 is 1.89 bits per heavy atom. The summed E-state index contributed by atoms with van der Waals surface area (Å²) < 4.78 is 5.41. The molecule has 2 N–H and O–H groups in total. The molecule has 1 aliphatic rings. The number of hydrogen-bond acceptors (Lipinski definition) is 5. The molecule has 0 aromatic carbocycles. The molecule has 2 heterocycles. The number of nitrogens with zero attached hydrogens (tertiary/aromatic N) is 3. The van der Waals surface area contributed by atoms with Gasteiger partial charge in [0.1, 0.15) is 17.5 Å². The van der Waals surface area contributed by atoms with Gasteiger partial charge in [-0.1, -0.05) is 13.8 Å². The van der Waals surface area contributed by atoms with Crippen molar-refractivity contribution in [3.63, 3.8) is 0 Å². The fourth-order valence-corrected chi connectivity index (χ4v) is 2.41. The third-order valence-corrected chi connectivity index (χ3v) is 3.77. The first-order valence-electron chi connectivity index (χ1n) is 6.94. The van der Waals surface area contributed by atoms with Crippen LogP contribution in [0.4, 0.5) is 11.6 Å². The predicted molar refractivity (Wildman–Crippen MR) is 77.5 cm³/mol. The lowest BCUT2D eigenvalue weighted by Gasteiger charge is -2.33. The minimum atomic E-state index is 0.290. The van der Waals surface area contributed by atoms with E-state index in [4.69, 9.17) is 15.5 Å². The van der Waals surface area contributed by atoms with Crippen molar-refractivity contribution >= 4 is 11.6 Å². The Kier molecular flexibility index (Phi) is 4.24. The van der Waals surface area contributed by atoms with Crippen LogP contribution in [-0.4, -0.2) is 36.3 Å². The van der Waals surface area contributed by atoms with E-state index >= 15 is 0 Å². The highest BCUT2D eigenvalue weighted by atomic mass is 16.5. The molecule has 0 amide bonds. The van der Waals surface area contributed by atoms with Crippen LogP contribution in [0.1, 0.15) is 44.0 Å². The Morgan fingerprint density at radius 1 is 1.26 bits per heavy atom. The largest absolute Gasteiger partial charge is 0.383 e. The van der Waals surface area contributed by atoms with E-state index in [0.717, 1.165) is 43.1 Å². The third-order valence-electron chi connectivity index (χ3n) is 3.77. The Labute approximate surface area is 115 Å². The first-order chi connectivity index (χ1) is 9.02. The van der Waals surface area contributed by atoms with Crippen LogP contribution in [0.2, 0.25) is 0 Å². The Hall–Kier alpha value is -1.36. The topological polar surface area (TPSA) is 64.3 Å². The van der Waals surface area contributed by atoms with Crippen molar-refractivity contribution in [2.45, 2.75) is 45.6 Å². The fraction of sp³-hybridized carbons (Fsp3) is 0.714. The number of nitrogens with two attached hydrogens (primary N) is 1. The van der Waals surface area contributed by atoms with Crippen LogP contribution in [-0.2, 0) is 4.74 Å². The second-order valence-corrected chi connectivity index (χ2v) is 5.49. The molecule has 0 saturated carbocycles. The highest BCUT2D eigenvalue weighted by molar-refractivity contribution is 5.56. The Balaban J connectivity index is 2.24. The summed E-state index contributed by atoms with van der Waals surface area (Å²) in [6.07, 6.45) is 2.45. The summed E-state index contributed by atoms with van der Waals surface area (Å²) in [5, 5.41) is 0. The van der Waals surface area contributed by atoms with Gasteiger partial charge in [-0.2, -0.15) is 0 Å². The third kappa shape index (κ3) is 2.97. The molecule has 19 heavy (non-hydrogen) atoms. The van der Waals surface area contributed by atoms with Gasteiger partial charge in [0.15, 0.2) is 0 Å². The lowest BCUT2D eigenvalue weighted by molar-refractivity contribution is 0.0817. The fourth-order valence-electron chi connectivity index (χ4n) is 2.41. The molecule has 5 nitrogen and oxygen atoms in total. The van der Waals surface area contributed by atoms with Gasteiger partial charge < -0.3 is 15.4 Å². The maximum Gasteiger partial charge on any atom is 0.137 e. The van der Waals surface area contributed by atoms with E-state index in [1.54, 1.807) is 7.11 Å². The van der Waals surface area contributed by atoms with Gasteiger partial charge in [-0.3, -0.25) is 0 Å². The van der Waals surface area contributed by atoms with Crippen molar-refractivity contribution in [1.29, 1.82) is 0 Å². The zero-order valence-electron chi connectivity index (χ0n) is 12.3. The van der Waals surface area contributed by atoms with Crippen LogP contribution >= 0.6 is 0 Å². The summed E-state index contributed by atoms with van der Waals surface area (Å²) >= 11 is 0. The van der Waals surface area contributed by atoms with E-state index in [9.17, 15) is 0 Å². The molecule has 0 spiro atoms. The second-order valence-electron chi connectivity index (χ2n) is 5.49. The Bertz CT molecular complexity index is 439. The van der Waals surface area contributed by atoms with Gasteiger partial charge in [-0.05, 0) is 19.8 Å². The van der Waals surface area contributed by atoms with Gasteiger partial charge in [-0.25, -0.2) is 9.97 Å². The molecule has 2 rings (SSSR count). The van der Waals surface area contributed by atoms with Crippen LogP contribution in [0.15, 0.2) is 0 Å². The molecule has 0 aliphatic carbocycles. The molecule has 0 radical (unpaired) electrons. The minimum Gasteiger partial charge on any atom is -0.383 e. The average molecular weight is 264 g/mol. The number of rotatable bonds is 3. The van der Waals surface area contributed by atoms with Gasteiger partial charge in [0.25, 0.3) is 0 Å². The molecule has 1 saturated heterocycles. The van der Waals surface area contributed by atoms with Crippen LogP contribution in [0, 0.1) is 6.92 Å². The first-order valence-corrected chi connectivity index (χ1v) is 6.94. The van der Waals surface area contributed by atoms with Crippen molar-refractivity contribution in [2.75, 3.05) is 30.8 Å². The smallest absolute Gasteiger partial charge is 0.137 e. The maximum atomic E-state index is 6.02. The number of anilines is 2. The molecule has 1 aliphatic heterocycles. The van der Waals surface area contributed by atoms with Crippen LogP contribution in [0.25, 0.3) is 0 Å². The summed E-state index contributed by atoms with van der Waals surface area (Å²) in [5.41, 5.74) is 7.00. The summed E-state index contributed by atoms with van der Waals surface area (Å²) in [6.45, 7) is 8.11. The monoisotopic (exact) mass is 264 g/mol. The van der Waals surface area contributed by atoms with E-state index < -0.39 is 0 Å². The quantitative estimate of drug-likeness (QED) is 0.905. The van der Waals surface area contributed by atoms with E-state index in [2.05, 4.69) is 23.7 Å². The van der Waals surface area contributed by atoms with E-state index in [1.165, 1.54) is 0 Å². The van der Waals surface area contributed by atoms with Gasteiger partial charge in [0.2, 0.25) is 0 Å². The number of aromatic nitrogens is 2.